The Morgan fingerprint density at radius 1 is 0.714 bits per heavy atom. The number of benzene rings is 1. The van der Waals surface area contributed by atoms with E-state index in [2.05, 4.69) is 5.32 Å². The highest BCUT2D eigenvalue weighted by Crippen LogP contribution is 2.24. The van der Waals surface area contributed by atoms with Crippen LogP contribution in [0.1, 0.15) is 24.4 Å². The van der Waals surface area contributed by atoms with E-state index in [-0.39, 0.29) is 32.5 Å². The minimum absolute atomic E-state index is 0.0997. The van der Waals surface area contributed by atoms with Crippen LogP contribution < -0.4 is 11.1 Å². The van der Waals surface area contributed by atoms with Crippen LogP contribution in [0.2, 0.25) is 0 Å². The molecule has 1 aromatic carbocycles. The second-order valence-corrected chi connectivity index (χ2v) is 9.99. The summed E-state index contributed by atoms with van der Waals surface area (Å²) in [7, 11) is 0. The van der Waals surface area contributed by atoms with Crippen molar-refractivity contribution in [1.29, 1.82) is 0 Å². The molecule has 1 fully saturated rings. The molecule has 0 spiro atoms. The Morgan fingerprint density at radius 2 is 1.17 bits per heavy atom. The average molecular weight is 595 g/mol. The van der Waals surface area contributed by atoms with E-state index < -0.39 is 54.8 Å². The van der Waals surface area contributed by atoms with Crippen LogP contribution in [0.3, 0.4) is 0 Å². The highest BCUT2D eigenvalue weighted by Gasteiger charge is 2.28. The summed E-state index contributed by atoms with van der Waals surface area (Å²) in [5.41, 5.74) is 6.05. The van der Waals surface area contributed by atoms with Gasteiger partial charge in [-0.05, 0) is 17.7 Å². The topological polar surface area (TPSA) is 234 Å². The van der Waals surface area contributed by atoms with Crippen molar-refractivity contribution in [3.63, 3.8) is 0 Å². The second kappa shape index (κ2) is 17.0. The molecule has 1 saturated heterocycles. The first-order valence-electron chi connectivity index (χ1n) is 13.3. The average Bonchev–Trinajstić information content (AvgIpc) is 2.96. The van der Waals surface area contributed by atoms with Crippen molar-refractivity contribution in [2.24, 2.45) is 5.73 Å². The molecule has 1 unspecified atom stereocenters. The van der Waals surface area contributed by atoms with Crippen molar-refractivity contribution in [3.8, 4) is 0 Å². The smallest absolute Gasteiger partial charge is 0.317 e. The van der Waals surface area contributed by atoms with Crippen LogP contribution in [-0.4, -0.2) is 148 Å². The molecular weight excluding hydrogens is 556 g/mol. The molecule has 0 radical (unpaired) electrons. The monoisotopic (exact) mass is 594 g/mol. The van der Waals surface area contributed by atoms with Crippen LogP contribution in [0.15, 0.2) is 24.3 Å². The van der Waals surface area contributed by atoms with E-state index in [4.69, 9.17) is 5.73 Å². The van der Waals surface area contributed by atoms with Gasteiger partial charge in [-0.3, -0.25) is 48.4 Å². The highest BCUT2D eigenvalue weighted by molar-refractivity contribution is 5.93. The second-order valence-electron chi connectivity index (χ2n) is 9.99. The van der Waals surface area contributed by atoms with Gasteiger partial charge in [0.15, 0.2) is 0 Å². The van der Waals surface area contributed by atoms with Gasteiger partial charge in [0, 0.05) is 70.4 Å². The maximum Gasteiger partial charge on any atom is 0.317 e. The first kappa shape index (κ1) is 34.1. The summed E-state index contributed by atoms with van der Waals surface area (Å²) in [5, 5.41) is 40.3. The molecule has 2 rings (SSSR count). The summed E-state index contributed by atoms with van der Waals surface area (Å²) in [6.07, 6.45) is -0.216. The summed E-state index contributed by atoms with van der Waals surface area (Å²) in [6.45, 7) is 0.624. The van der Waals surface area contributed by atoms with Gasteiger partial charge in [-0.2, -0.15) is 0 Å². The third-order valence-corrected chi connectivity index (χ3v) is 6.64. The van der Waals surface area contributed by atoms with Gasteiger partial charge in [0.25, 0.3) is 0 Å². The van der Waals surface area contributed by atoms with Gasteiger partial charge >= 0.3 is 23.9 Å². The Bertz CT molecular complexity index is 1070. The van der Waals surface area contributed by atoms with Crippen LogP contribution in [-0.2, 0) is 28.8 Å². The SMILES string of the molecule is NC(=O)CCC(=O)Nc1ccc(C(CN2CCN(CC(=O)O)CCN(CC(=O)O)CC2)N(CC(=O)O)CC(=O)O)cc1. The van der Waals surface area contributed by atoms with Gasteiger partial charge < -0.3 is 31.5 Å². The van der Waals surface area contributed by atoms with Crippen molar-refractivity contribution in [2.75, 3.05) is 77.3 Å². The molecule has 1 aliphatic heterocycles. The van der Waals surface area contributed by atoms with E-state index in [1.807, 2.05) is 4.90 Å². The molecule has 0 saturated carbocycles. The van der Waals surface area contributed by atoms with E-state index >= 15 is 0 Å². The highest BCUT2D eigenvalue weighted by atomic mass is 16.4. The Hall–Kier alpha value is -4.12. The summed E-state index contributed by atoms with van der Waals surface area (Å²) in [5.74, 6) is -5.56. The zero-order valence-electron chi connectivity index (χ0n) is 23.2. The number of carbonyl (C=O) groups excluding carboxylic acids is 2. The molecule has 1 heterocycles. The van der Waals surface area contributed by atoms with E-state index in [0.717, 1.165) is 0 Å². The predicted molar refractivity (Wildman–Crippen MR) is 148 cm³/mol. The molecule has 1 aliphatic rings. The zero-order valence-corrected chi connectivity index (χ0v) is 23.2. The number of primary amides is 1. The molecule has 2 amide bonds. The molecule has 0 aromatic heterocycles. The first-order valence-corrected chi connectivity index (χ1v) is 13.3. The van der Waals surface area contributed by atoms with Crippen molar-refractivity contribution in [3.05, 3.63) is 29.8 Å². The van der Waals surface area contributed by atoms with Gasteiger partial charge in [0.1, 0.15) is 0 Å². The number of anilines is 1. The van der Waals surface area contributed by atoms with Crippen LogP contribution in [0.5, 0.6) is 0 Å². The maximum absolute atomic E-state index is 12.1. The van der Waals surface area contributed by atoms with Crippen molar-refractivity contribution in [1.82, 2.24) is 19.6 Å². The van der Waals surface area contributed by atoms with Crippen LogP contribution >= 0.6 is 0 Å². The Balaban J connectivity index is 2.34. The lowest BCUT2D eigenvalue weighted by Crippen LogP contribution is -2.45. The number of rotatable bonds is 16. The van der Waals surface area contributed by atoms with E-state index in [1.54, 1.807) is 34.1 Å². The number of carboxylic acid groups (broad SMARTS) is 4. The summed E-state index contributed by atoms with van der Waals surface area (Å²) < 4.78 is 0. The molecule has 1 atom stereocenters. The quantitative estimate of drug-likeness (QED) is 0.128. The largest absolute Gasteiger partial charge is 0.480 e. The Morgan fingerprint density at radius 3 is 1.57 bits per heavy atom. The van der Waals surface area contributed by atoms with Gasteiger partial charge in [-0.15, -0.1) is 0 Å². The Labute approximate surface area is 242 Å². The number of amides is 2. The molecule has 1 aromatic rings. The van der Waals surface area contributed by atoms with Crippen molar-refractivity contribution >= 4 is 41.4 Å². The lowest BCUT2D eigenvalue weighted by Gasteiger charge is -2.35. The van der Waals surface area contributed by atoms with Crippen molar-refractivity contribution in [2.45, 2.75) is 18.9 Å². The molecular formula is C26H38N6O10. The lowest BCUT2D eigenvalue weighted by molar-refractivity contribution is -0.143. The standard InChI is InChI=1S/C26H38N6O10/c27-21(33)5-6-22(34)28-19-3-1-18(2-4-19)20(32(16-25(39)40)17-26(41)42)13-29-7-9-30(14-23(35)36)11-12-31(10-8-29)15-24(37)38/h1-4,20H,5-17H2,(H2,27,33)(H,28,34)(H,35,36)(H,37,38)(H,39,40)(H,41,42). The van der Waals surface area contributed by atoms with E-state index in [0.29, 0.717) is 50.5 Å². The minimum Gasteiger partial charge on any atom is -0.480 e. The number of nitrogens with one attached hydrogen (secondary N) is 1. The third-order valence-electron chi connectivity index (χ3n) is 6.64. The fourth-order valence-electron chi connectivity index (χ4n) is 4.61. The summed E-state index contributed by atoms with van der Waals surface area (Å²) in [4.78, 5) is 75.8. The molecule has 0 bridgehead atoms. The maximum atomic E-state index is 12.1. The molecule has 7 N–H and O–H groups in total. The molecule has 0 aliphatic carbocycles. The number of hydrogen-bond acceptors (Lipinski definition) is 10. The van der Waals surface area contributed by atoms with E-state index in [9.17, 15) is 49.2 Å². The number of hydrogen-bond donors (Lipinski definition) is 6. The van der Waals surface area contributed by atoms with Gasteiger partial charge in [0.2, 0.25) is 11.8 Å². The molecule has 16 nitrogen and oxygen atoms in total. The van der Waals surface area contributed by atoms with Crippen LogP contribution in [0, 0.1) is 0 Å². The molecule has 42 heavy (non-hydrogen) atoms. The van der Waals surface area contributed by atoms with Crippen LogP contribution in [0.4, 0.5) is 5.69 Å². The number of carbonyl (C=O) groups is 6. The number of aliphatic carboxylic acids is 4. The minimum atomic E-state index is -1.23. The van der Waals surface area contributed by atoms with Gasteiger partial charge in [-0.1, -0.05) is 12.1 Å². The molecule has 16 heteroatoms. The Kier molecular flexibility index (Phi) is 13.8. The number of nitrogens with zero attached hydrogens (tertiary/aromatic N) is 4. The van der Waals surface area contributed by atoms with Crippen molar-refractivity contribution < 1.29 is 49.2 Å². The number of carboxylic acids is 4. The normalized spacial score (nSPS) is 16.1. The third kappa shape index (κ3) is 13.0. The fourth-order valence-corrected chi connectivity index (χ4v) is 4.61. The summed E-state index contributed by atoms with van der Waals surface area (Å²) in [6, 6.07) is 5.68. The van der Waals surface area contributed by atoms with E-state index in [1.165, 1.54) is 4.90 Å². The van der Waals surface area contributed by atoms with Gasteiger partial charge in [0.05, 0.1) is 26.2 Å². The first-order chi connectivity index (χ1) is 19.8. The molecule has 232 valence electrons. The summed E-state index contributed by atoms with van der Waals surface area (Å²) >= 11 is 0. The van der Waals surface area contributed by atoms with Gasteiger partial charge in [-0.25, -0.2) is 0 Å². The fraction of sp³-hybridized carbons (Fsp3) is 0.538. The lowest BCUT2D eigenvalue weighted by atomic mass is 10.0. The number of nitrogens with two attached hydrogens (primary N) is 1. The zero-order chi connectivity index (χ0) is 31.2. The van der Waals surface area contributed by atoms with Crippen LogP contribution in [0.25, 0.3) is 0 Å². The predicted octanol–water partition coefficient (Wildman–Crippen LogP) is -1.51.